The summed E-state index contributed by atoms with van der Waals surface area (Å²) >= 11 is 0. The van der Waals surface area contributed by atoms with Crippen LogP contribution in [0.2, 0.25) is 0 Å². The number of para-hydroxylation sites is 1. The van der Waals surface area contributed by atoms with Gasteiger partial charge in [0.15, 0.2) is 0 Å². The molecule has 1 aliphatic heterocycles. The molecule has 1 fully saturated rings. The van der Waals surface area contributed by atoms with E-state index in [1.807, 2.05) is 45.9 Å². The third kappa shape index (κ3) is 6.76. The highest BCUT2D eigenvalue weighted by atomic mass is 16.5. The second kappa shape index (κ2) is 10.8. The molecule has 7 nitrogen and oxygen atoms in total. The van der Waals surface area contributed by atoms with Gasteiger partial charge in [-0.1, -0.05) is 18.2 Å². The van der Waals surface area contributed by atoms with Crippen LogP contribution in [0.15, 0.2) is 18.2 Å². The van der Waals surface area contributed by atoms with Crippen molar-refractivity contribution in [2.45, 2.75) is 53.0 Å². The van der Waals surface area contributed by atoms with Crippen molar-refractivity contribution in [3.8, 4) is 5.75 Å². The van der Waals surface area contributed by atoms with Crippen LogP contribution in [0, 0.1) is 19.8 Å². The van der Waals surface area contributed by atoms with Crippen LogP contribution in [0.3, 0.4) is 0 Å². The second-order valence-electron chi connectivity index (χ2n) is 7.85. The maximum Gasteiger partial charge on any atom is 0.225 e. The monoisotopic (exact) mass is 403 g/mol. The Kier molecular flexibility index (Phi) is 8.49. The van der Waals surface area contributed by atoms with E-state index >= 15 is 0 Å². The first-order chi connectivity index (χ1) is 13.8. The van der Waals surface area contributed by atoms with Crippen LogP contribution in [-0.4, -0.2) is 54.9 Å². The number of hydrogen-bond acceptors (Lipinski definition) is 4. The van der Waals surface area contributed by atoms with Crippen molar-refractivity contribution < 1.29 is 19.1 Å². The number of ether oxygens (including phenoxy) is 1. The van der Waals surface area contributed by atoms with Gasteiger partial charge in [-0.15, -0.1) is 0 Å². The van der Waals surface area contributed by atoms with Gasteiger partial charge in [0.25, 0.3) is 0 Å². The fourth-order valence-electron chi connectivity index (χ4n) is 3.46. The van der Waals surface area contributed by atoms with Crippen LogP contribution >= 0.6 is 0 Å². The van der Waals surface area contributed by atoms with Crippen LogP contribution in [0.25, 0.3) is 0 Å². The van der Waals surface area contributed by atoms with Gasteiger partial charge >= 0.3 is 0 Å². The van der Waals surface area contributed by atoms with Crippen LogP contribution < -0.4 is 15.4 Å². The molecule has 0 aliphatic carbocycles. The number of likely N-dealkylation sites (tertiary alicyclic amines) is 1. The molecule has 0 radical (unpaired) electrons. The zero-order valence-corrected chi connectivity index (χ0v) is 17.9. The first kappa shape index (κ1) is 22.7. The minimum Gasteiger partial charge on any atom is -0.493 e. The molecule has 2 rings (SSSR count). The lowest BCUT2D eigenvalue weighted by molar-refractivity contribution is -0.129. The molecule has 1 unspecified atom stereocenters. The van der Waals surface area contributed by atoms with Gasteiger partial charge in [-0.25, -0.2) is 0 Å². The lowest BCUT2D eigenvalue weighted by Crippen LogP contribution is -2.39. The van der Waals surface area contributed by atoms with E-state index in [4.69, 9.17) is 4.74 Å². The number of benzene rings is 1. The quantitative estimate of drug-likeness (QED) is 0.585. The fourth-order valence-corrected chi connectivity index (χ4v) is 3.46. The highest BCUT2D eigenvalue weighted by molar-refractivity contribution is 5.89. The number of amides is 3. The summed E-state index contributed by atoms with van der Waals surface area (Å²) in [4.78, 5) is 37.7. The topological polar surface area (TPSA) is 87.7 Å². The normalized spacial score (nSPS) is 16.2. The van der Waals surface area contributed by atoms with E-state index in [1.54, 1.807) is 4.90 Å². The van der Waals surface area contributed by atoms with E-state index in [1.165, 1.54) is 0 Å². The van der Waals surface area contributed by atoms with Gasteiger partial charge < -0.3 is 20.3 Å². The molecule has 1 atom stereocenters. The van der Waals surface area contributed by atoms with Crippen LogP contribution in [0.5, 0.6) is 5.75 Å². The van der Waals surface area contributed by atoms with E-state index < -0.39 is 0 Å². The summed E-state index contributed by atoms with van der Waals surface area (Å²) < 4.78 is 5.80. The number of aryl methyl sites for hydroxylation is 2. The predicted octanol–water partition coefficient (Wildman–Crippen LogP) is 1.95. The van der Waals surface area contributed by atoms with Crippen molar-refractivity contribution in [2.75, 3.05) is 26.2 Å². The maximum atomic E-state index is 12.2. The van der Waals surface area contributed by atoms with Crippen LogP contribution in [0.4, 0.5) is 0 Å². The summed E-state index contributed by atoms with van der Waals surface area (Å²) in [5.41, 5.74) is 2.18. The van der Waals surface area contributed by atoms with Gasteiger partial charge in [-0.05, 0) is 45.2 Å². The molecule has 1 heterocycles. The summed E-state index contributed by atoms with van der Waals surface area (Å²) in [6.07, 6.45) is 1.26. The Bertz CT molecular complexity index is 713. The van der Waals surface area contributed by atoms with E-state index in [0.717, 1.165) is 16.9 Å². The van der Waals surface area contributed by atoms with Crippen LogP contribution in [-0.2, 0) is 14.4 Å². The Morgan fingerprint density at radius 1 is 1.17 bits per heavy atom. The van der Waals surface area contributed by atoms with E-state index in [9.17, 15) is 14.4 Å². The molecular formula is C22H33N3O4. The van der Waals surface area contributed by atoms with Crippen molar-refractivity contribution in [1.29, 1.82) is 0 Å². The molecule has 0 bridgehead atoms. The number of hydrogen-bond donors (Lipinski definition) is 2. The molecule has 0 saturated carbocycles. The molecule has 160 valence electrons. The van der Waals surface area contributed by atoms with E-state index in [2.05, 4.69) is 10.6 Å². The van der Waals surface area contributed by atoms with Gasteiger partial charge in [0, 0.05) is 38.5 Å². The molecule has 0 aromatic heterocycles. The third-order valence-corrected chi connectivity index (χ3v) is 5.10. The van der Waals surface area contributed by atoms with Crippen LogP contribution in [0.1, 0.15) is 44.2 Å². The standard InChI is InChI=1S/C22H33N3O4/c1-15(2)25-14-18(13-20(25)27)22(28)24-11-10-23-19(26)9-6-12-29-21-16(3)7-5-8-17(21)4/h5,7-8,15,18H,6,9-14H2,1-4H3,(H,23,26)(H,24,28). The second-order valence-corrected chi connectivity index (χ2v) is 7.85. The largest absolute Gasteiger partial charge is 0.493 e. The van der Waals surface area contributed by atoms with E-state index in [-0.39, 0.29) is 36.1 Å². The first-order valence-corrected chi connectivity index (χ1v) is 10.3. The van der Waals surface area contributed by atoms with Crippen molar-refractivity contribution in [3.05, 3.63) is 29.3 Å². The molecular weight excluding hydrogens is 370 g/mol. The van der Waals surface area contributed by atoms with Gasteiger partial charge in [0.2, 0.25) is 17.7 Å². The molecule has 0 spiro atoms. The van der Waals surface area contributed by atoms with Gasteiger partial charge in [0.05, 0.1) is 12.5 Å². The zero-order valence-electron chi connectivity index (χ0n) is 17.9. The molecule has 3 amide bonds. The fraction of sp³-hybridized carbons (Fsp3) is 0.591. The van der Waals surface area contributed by atoms with Gasteiger partial charge in [0.1, 0.15) is 5.75 Å². The van der Waals surface area contributed by atoms with Gasteiger partial charge in [-0.3, -0.25) is 14.4 Å². The smallest absolute Gasteiger partial charge is 0.225 e. The minimum absolute atomic E-state index is 0.0246. The Morgan fingerprint density at radius 3 is 2.45 bits per heavy atom. The molecule has 1 aromatic rings. The SMILES string of the molecule is Cc1cccc(C)c1OCCCC(=O)NCCNC(=O)C1CC(=O)N(C(C)C)C1. The Labute approximate surface area is 173 Å². The Morgan fingerprint density at radius 2 is 1.83 bits per heavy atom. The maximum absolute atomic E-state index is 12.2. The Balaban J connectivity index is 1.57. The first-order valence-electron chi connectivity index (χ1n) is 10.3. The number of rotatable bonds is 10. The Hall–Kier alpha value is -2.57. The number of carbonyl (C=O) groups excluding carboxylic acids is 3. The van der Waals surface area contributed by atoms with Gasteiger partial charge in [-0.2, -0.15) is 0 Å². The molecule has 2 N–H and O–H groups in total. The molecule has 7 heteroatoms. The zero-order chi connectivity index (χ0) is 21.4. The van der Waals surface area contributed by atoms with Crippen molar-refractivity contribution in [1.82, 2.24) is 15.5 Å². The lowest BCUT2D eigenvalue weighted by Gasteiger charge is -2.20. The summed E-state index contributed by atoms with van der Waals surface area (Å²) in [6, 6.07) is 6.11. The average molecular weight is 404 g/mol. The third-order valence-electron chi connectivity index (χ3n) is 5.10. The number of nitrogens with one attached hydrogen (secondary N) is 2. The number of nitrogens with zero attached hydrogens (tertiary/aromatic N) is 1. The number of carbonyl (C=O) groups is 3. The average Bonchev–Trinajstić information content (AvgIpc) is 3.06. The predicted molar refractivity (Wildman–Crippen MR) is 112 cm³/mol. The summed E-state index contributed by atoms with van der Waals surface area (Å²) in [6.45, 7) is 9.58. The highest BCUT2D eigenvalue weighted by Crippen LogP contribution is 2.22. The molecule has 1 saturated heterocycles. The minimum atomic E-state index is -0.303. The van der Waals surface area contributed by atoms with Crippen molar-refractivity contribution in [2.24, 2.45) is 5.92 Å². The highest BCUT2D eigenvalue weighted by Gasteiger charge is 2.35. The molecule has 29 heavy (non-hydrogen) atoms. The lowest BCUT2D eigenvalue weighted by atomic mass is 10.1. The van der Waals surface area contributed by atoms with Crippen molar-refractivity contribution >= 4 is 17.7 Å². The van der Waals surface area contributed by atoms with E-state index in [0.29, 0.717) is 39.1 Å². The molecule has 1 aromatic carbocycles. The summed E-state index contributed by atoms with van der Waals surface area (Å²) in [5, 5.41) is 5.60. The summed E-state index contributed by atoms with van der Waals surface area (Å²) in [7, 11) is 0. The van der Waals surface area contributed by atoms with Crippen molar-refractivity contribution in [3.63, 3.8) is 0 Å². The summed E-state index contributed by atoms with van der Waals surface area (Å²) in [5.74, 6) is 0.417. The molecule has 1 aliphatic rings.